The summed E-state index contributed by atoms with van der Waals surface area (Å²) < 4.78 is 28.8. The minimum absolute atomic E-state index is 0.0473. The molecule has 10 heteroatoms. The zero-order valence-electron chi connectivity index (χ0n) is 24.4. The normalized spacial score (nSPS) is 17.8. The Labute approximate surface area is 245 Å². The van der Waals surface area contributed by atoms with E-state index in [4.69, 9.17) is 23.7 Å². The fraction of sp³-hybridized carbons (Fsp3) is 0.438. The van der Waals surface area contributed by atoms with Crippen molar-refractivity contribution in [3.63, 3.8) is 0 Å². The molecule has 5 rings (SSSR count). The van der Waals surface area contributed by atoms with Crippen molar-refractivity contribution < 1.29 is 44.1 Å². The first kappa shape index (κ1) is 29.6. The molecule has 0 amide bonds. The molecule has 0 aromatic heterocycles. The van der Waals surface area contributed by atoms with Gasteiger partial charge in [0.25, 0.3) is 0 Å². The maximum absolute atomic E-state index is 11.8. The van der Waals surface area contributed by atoms with Gasteiger partial charge in [0.15, 0.2) is 11.5 Å². The van der Waals surface area contributed by atoms with E-state index < -0.39 is 12.0 Å². The smallest absolute Gasteiger partial charge is 0.200 e. The maximum Gasteiger partial charge on any atom is 0.200 e. The Morgan fingerprint density at radius 1 is 0.952 bits per heavy atom. The molecule has 1 aliphatic carbocycles. The first-order chi connectivity index (χ1) is 20.3. The number of methoxy groups -OCH3 is 3. The molecule has 2 aliphatic rings. The summed E-state index contributed by atoms with van der Waals surface area (Å²) in [5.41, 5.74) is 4.43. The summed E-state index contributed by atoms with van der Waals surface area (Å²) in [5.74, 6) is 1.58. The highest BCUT2D eigenvalue weighted by molar-refractivity contribution is 5.84. The number of ether oxygens (including phenoxy) is 5. The number of hydrogen-bond acceptors (Lipinski definition) is 10. The lowest BCUT2D eigenvalue weighted by atomic mass is 9.77. The molecule has 1 aliphatic heterocycles. The van der Waals surface area contributed by atoms with Crippen molar-refractivity contribution in [1.29, 1.82) is 0 Å². The van der Waals surface area contributed by atoms with Crippen LogP contribution < -0.4 is 29.0 Å². The molecule has 0 bridgehead atoms. The molecule has 0 radical (unpaired) electrons. The van der Waals surface area contributed by atoms with E-state index >= 15 is 0 Å². The van der Waals surface area contributed by atoms with Crippen LogP contribution in [0.3, 0.4) is 0 Å². The van der Waals surface area contributed by atoms with Crippen LogP contribution >= 0.6 is 0 Å². The topological polar surface area (TPSA) is 139 Å². The number of benzene rings is 3. The largest absolute Gasteiger partial charge is 0.507 e. The minimum Gasteiger partial charge on any atom is -0.507 e. The van der Waals surface area contributed by atoms with Crippen molar-refractivity contribution in [2.45, 2.75) is 50.9 Å². The Kier molecular flexibility index (Phi) is 8.86. The summed E-state index contributed by atoms with van der Waals surface area (Å²) in [7, 11) is 4.52. The van der Waals surface area contributed by atoms with Crippen LogP contribution in [0.25, 0.3) is 11.1 Å². The zero-order valence-corrected chi connectivity index (χ0v) is 24.4. The number of aliphatic hydroxyl groups excluding tert-OH is 2. The Balaban J connectivity index is 1.58. The second-order valence-electron chi connectivity index (χ2n) is 10.5. The van der Waals surface area contributed by atoms with Crippen LogP contribution in [0, 0.1) is 0 Å². The fourth-order valence-electron chi connectivity index (χ4n) is 6.07. The number of aromatic hydroxyl groups is 2. The average molecular weight is 582 g/mol. The van der Waals surface area contributed by atoms with E-state index in [1.165, 1.54) is 14.2 Å². The van der Waals surface area contributed by atoms with Crippen molar-refractivity contribution in [1.82, 2.24) is 5.32 Å². The molecule has 3 atom stereocenters. The van der Waals surface area contributed by atoms with Crippen molar-refractivity contribution in [3.8, 4) is 51.4 Å². The number of hydrogen-bond donors (Lipinski definition) is 5. The Morgan fingerprint density at radius 2 is 1.64 bits per heavy atom. The molecule has 5 N–H and O–H groups in total. The van der Waals surface area contributed by atoms with Crippen molar-refractivity contribution in [2.24, 2.45) is 0 Å². The average Bonchev–Trinajstić information content (AvgIpc) is 2.99. The van der Waals surface area contributed by atoms with E-state index in [1.54, 1.807) is 25.3 Å². The minimum atomic E-state index is -0.957. The first-order valence-corrected chi connectivity index (χ1v) is 14.2. The zero-order chi connectivity index (χ0) is 30.0. The lowest BCUT2D eigenvalue weighted by Crippen LogP contribution is -2.34. The van der Waals surface area contributed by atoms with E-state index in [-0.39, 0.29) is 42.4 Å². The van der Waals surface area contributed by atoms with Gasteiger partial charge in [-0.3, -0.25) is 5.32 Å². The summed E-state index contributed by atoms with van der Waals surface area (Å²) in [6.07, 6.45) is 1.13. The molecule has 0 fully saturated rings. The molecule has 3 aromatic carbocycles. The van der Waals surface area contributed by atoms with Gasteiger partial charge >= 0.3 is 0 Å². The molecule has 0 saturated heterocycles. The summed E-state index contributed by atoms with van der Waals surface area (Å²) in [5, 5.41) is 46.1. The third kappa shape index (κ3) is 5.37. The van der Waals surface area contributed by atoms with Crippen LogP contribution in [-0.2, 0) is 12.8 Å². The van der Waals surface area contributed by atoms with E-state index in [9.17, 15) is 20.4 Å². The summed E-state index contributed by atoms with van der Waals surface area (Å²) in [6.45, 7) is 2.92. The van der Waals surface area contributed by atoms with Gasteiger partial charge in [0.1, 0.15) is 29.2 Å². The molecular formula is C32H39NO9. The molecule has 0 unspecified atom stereocenters. The van der Waals surface area contributed by atoms with Gasteiger partial charge in [0.05, 0.1) is 34.0 Å². The first-order valence-electron chi connectivity index (χ1n) is 14.2. The van der Waals surface area contributed by atoms with Gasteiger partial charge in [-0.1, -0.05) is 6.92 Å². The van der Waals surface area contributed by atoms with Crippen molar-refractivity contribution in [2.75, 3.05) is 41.1 Å². The van der Waals surface area contributed by atoms with Gasteiger partial charge in [0.2, 0.25) is 5.75 Å². The fourth-order valence-corrected chi connectivity index (χ4v) is 6.07. The summed E-state index contributed by atoms with van der Waals surface area (Å²) in [6, 6.07) is 8.66. The second kappa shape index (κ2) is 12.6. The SMILES string of the molecule is CCN[C@H](CCCO)Oc1cc(OC)c2c(c1)-c1c(O)cc3c(c1CC2)[C@@H](O)[C@H](c1cc(OC)c(O)c(OC)c1)CO3. The molecule has 0 saturated carbocycles. The van der Waals surface area contributed by atoms with Crippen LogP contribution in [0.1, 0.15) is 54.0 Å². The molecule has 226 valence electrons. The number of nitrogens with one attached hydrogen (secondary N) is 1. The highest BCUT2D eigenvalue weighted by atomic mass is 16.5. The third-order valence-corrected chi connectivity index (χ3v) is 8.07. The predicted octanol–water partition coefficient (Wildman–Crippen LogP) is 4.19. The summed E-state index contributed by atoms with van der Waals surface area (Å²) >= 11 is 0. The van der Waals surface area contributed by atoms with E-state index in [2.05, 4.69) is 5.32 Å². The maximum atomic E-state index is 11.8. The van der Waals surface area contributed by atoms with Crippen LogP contribution in [0.15, 0.2) is 30.3 Å². The van der Waals surface area contributed by atoms with Gasteiger partial charge in [0, 0.05) is 47.8 Å². The van der Waals surface area contributed by atoms with Gasteiger partial charge in [-0.25, -0.2) is 0 Å². The number of fused-ring (bicyclic) bond motifs is 5. The molecule has 3 aromatic rings. The third-order valence-electron chi connectivity index (χ3n) is 8.07. The van der Waals surface area contributed by atoms with E-state index in [0.717, 1.165) is 16.7 Å². The van der Waals surface area contributed by atoms with Crippen LogP contribution in [0.5, 0.6) is 40.2 Å². The number of rotatable bonds is 11. The standard InChI is InChI=1S/C32H39NO9/c1-5-33-28(7-6-10-34)42-18-13-21-19(24(14-18)38-2)8-9-20-29(21)23(35)15-25-30(20)31(36)22(16-41-25)17-11-26(39-3)32(37)27(12-17)40-4/h11-15,22,28,31,33-37H,5-10,16H2,1-4H3/t22-,28-,31-/m0/s1. The van der Waals surface area contributed by atoms with Crippen LogP contribution in [-0.4, -0.2) is 67.7 Å². The van der Waals surface area contributed by atoms with Gasteiger partial charge < -0.3 is 44.1 Å². The van der Waals surface area contributed by atoms with E-state index in [0.29, 0.717) is 66.2 Å². The van der Waals surface area contributed by atoms with Crippen molar-refractivity contribution in [3.05, 3.63) is 52.6 Å². The molecule has 1 heterocycles. The molecular weight excluding hydrogens is 542 g/mol. The highest BCUT2D eigenvalue weighted by Gasteiger charge is 2.38. The van der Waals surface area contributed by atoms with Crippen molar-refractivity contribution >= 4 is 0 Å². The van der Waals surface area contributed by atoms with Gasteiger partial charge in [-0.15, -0.1) is 0 Å². The number of phenols is 2. The molecule has 42 heavy (non-hydrogen) atoms. The Bertz CT molecular complexity index is 1420. The number of aliphatic hydroxyl groups is 2. The monoisotopic (exact) mass is 581 g/mol. The van der Waals surface area contributed by atoms with Gasteiger partial charge in [-0.05, 0) is 60.7 Å². The summed E-state index contributed by atoms with van der Waals surface area (Å²) in [4.78, 5) is 0. The quantitative estimate of drug-likeness (QED) is 0.210. The Morgan fingerprint density at radius 3 is 2.29 bits per heavy atom. The molecule has 0 spiro atoms. The van der Waals surface area contributed by atoms with Gasteiger partial charge in [-0.2, -0.15) is 0 Å². The number of phenolic OH excluding ortho intramolecular Hbond substituents is 2. The van der Waals surface area contributed by atoms with Crippen LogP contribution in [0.4, 0.5) is 0 Å². The molecule has 10 nitrogen and oxygen atoms in total. The van der Waals surface area contributed by atoms with Crippen LogP contribution in [0.2, 0.25) is 0 Å². The second-order valence-corrected chi connectivity index (χ2v) is 10.5. The lowest BCUT2D eigenvalue weighted by Gasteiger charge is -2.35. The van der Waals surface area contributed by atoms with E-state index in [1.807, 2.05) is 19.1 Å². The Hall–Kier alpha value is -3.86. The predicted molar refractivity (Wildman–Crippen MR) is 156 cm³/mol. The lowest BCUT2D eigenvalue weighted by molar-refractivity contribution is 0.0875. The highest BCUT2D eigenvalue weighted by Crippen LogP contribution is 2.53.